The number of para-hydroxylation sites is 1. The van der Waals surface area contributed by atoms with Gasteiger partial charge in [-0.3, -0.25) is 0 Å². The van der Waals surface area contributed by atoms with Gasteiger partial charge in [0.05, 0.1) is 0 Å². The largest absolute Gasteiger partial charge is 0.341 e. The molecular formula is C14H16ClN5. The molecule has 0 atom stereocenters. The minimum Gasteiger partial charge on any atom is -0.341 e. The van der Waals surface area contributed by atoms with Gasteiger partial charge in [-0.2, -0.15) is 15.0 Å². The quantitative estimate of drug-likeness (QED) is 0.940. The first-order chi connectivity index (χ1) is 9.72. The number of hydrogen-bond donors (Lipinski definition) is 1. The summed E-state index contributed by atoms with van der Waals surface area (Å²) in [5.41, 5.74) is 2.11. The molecule has 1 aliphatic rings. The normalized spacial score (nSPS) is 14.6. The molecule has 3 rings (SSSR count). The fourth-order valence-corrected chi connectivity index (χ4v) is 2.44. The van der Waals surface area contributed by atoms with E-state index in [4.69, 9.17) is 11.6 Å². The number of nitrogens with zero attached hydrogens (tertiary/aromatic N) is 4. The van der Waals surface area contributed by atoms with Crippen LogP contribution in [0.1, 0.15) is 18.4 Å². The molecule has 0 bridgehead atoms. The molecule has 1 fully saturated rings. The number of aryl methyl sites for hydroxylation is 1. The van der Waals surface area contributed by atoms with Gasteiger partial charge in [0.15, 0.2) is 0 Å². The lowest BCUT2D eigenvalue weighted by atomic mass is 10.2. The highest BCUT2D eigenvalue weighted by molar-refractivity contribution is 6.28. The number of hydrogen-bond acceptors (Lipinski definition) is 5. The molecule has 2 heterocycles. The van der Waals surface area contributed by atoms with E-state index in [1.807, 2.05) is 31.2 Å². The predicted octanol–water partition coefficient (Wildman–Crippen LogP) is 3.18. The number of halogens is 1. The molecule has 20 heavy (non-hydrogen) atoms. The third-order valence-electron chi connectivity index (χ3n) is 3.38. The third-order valence-corrected chi connectivity index (χ3v) is 3.55. The van der Waals surface area contributed by atoms with Crippen LogP contribution >= 0.6 is 11.6 Å². The molecule has 0 saturated carbocycles. The van der Waals surface area contributed by atoms with Crippen molar-refractivity contribution in [3.05, 3.63) is 35.1 Å². The molecule has 0 spiro atoms. The lowest BCUT2D eigenvalue weighted by Gasteiger charge is -2.16. The lowest BCUT2D eigenvalue weighted by Crippen LogP contribution is -2.21. The van der Waals surface area contributed by atoms with E-state index in [2.05, 4.69) is 25.2 Å². The van der Waals surface area contributed by atoms with Gasteiger partial charge in [0.2, 0.25) is 17.2 Å². The molecule has 0 amide bonds. The Morgan fingerprint density at radius 1 is 1.10 bits per heavy atom. The van der Waals surface area contributed by atoms with Crippen LogP contribution in [-0.2, 0) is 0 Å². The molecule has 104 valence electrons. The molecule has 1 aromatic heterocycles. The van der Waals surface area contributed by atoms with Crippen molar-refractivity contribution in [2.24, 2.45) is 0 Å². The van der Waals surface area contributed by atoms with E-state index in [9.17, 15) is 0 Å². The lowest BCUT2D eigenvalue weighted by molar-refractivity contribution is 0.883. The molecule has 0 radical (unpaired) electrons. The molecule has 2 aromatic rings. The number of aromatic nitrogens is 3. The highest BCUT2D eigenvalue weighted by Gasteiger charge is 2.17. The van der Waals surface area contributed by atoms with Crippen molar-refractivity contribution in [3.8, 4) is 0 Å². The van der Waals surface area contributed by atoms with Crippen LogP contribution in [0, 0.1) is 6.92 Å². The van der Waals surface area contributed by atoms with Crippen molar-refractivity contribution in [3.63, 3.8) is 0 Å². The van der Waals surface area contributed by atoms with E-state index in [-0.39, 0.29) is 5.28 Å². The topological polar surface area (TPSA) is 53.9 Å². The van der Waals surface area contributed by atoms with Crippen LogP contribution in [0.3, 0.4) is 0 Å². The minimum atomic E-state index is 0.220. The Balaban J connectivity index is 1.88. The Kier molecular flexibility index (Phi) is 3.69. The van der Waals surface area contributed by atoms with Gasteiger partial charge in [-0.1, -0.05) is 18.2 Å². The predicted molar refractivity (Wildman–Crippen MR) is 80.7 cm³/mol. The maximum absolute atomic E-state index is 6.01. The molecule has 1 aliphatic heterocycles. The number of rotatable bonds is 3. The Hall–Kier alpha value is -1.88. The molecule has 6 heteroatoms. The minimum absolute atomic E-state index is 0.220. The SMILES string of the molecule is Cc1ccccc1Nc1nc(Cl)nc(N2CCCC2)n1. The molecule has 0 aliphatic carbocycles. The summed E-state index contributed by atoms with van der Waals surface area (Å²) < 4.78 is 0. The molecule has 1 aromatic carbocycles. The van der Waals surface area contributed by atoms with Crippen molar-refractivity contribution in [1.82, 2.24) is 15.0 Å². The molecule has 1 saturated heterocycles. The smallest absolute Gasteiger partial charge is 0.233 e. The van der Waals surface area contributed by atoms with Crippen molar-refractivity contribution in [2.75, 3.05) is 23.3 Å². The van der Waals surface area contributed by atoms with Crippen LogP contribution < -0.4 is 10.2 Å². The summed E-state index contributed by atoms with van der Waals surface area (Å²) in [7, 11) is 0. The summed E-state index contributed by atoms with van der Waals surface area (Å²) in [6, 6.07) is 7.99. The summed E-state index contributed by atoms with van der Waals surface area (Å²) in [4.78, 5) is 15.0. The molecule has 5 nitrogen and oxygen atoms in total. The summed E-state index contributed by atoms with van der Waals surface area (Å²) in [5.74, 6) is 1.14. The van der Waals surface area contributed by atoms with E-state index in [1.165, 1.54) is 12.8 Å². The van der Waals surface area contributed by atoms with Crippen LogP contribution in [0.2, 0.25) is 5.28 Å². The Labute approximate surface area is 123 Å². The Morgan fingerprint density at radius 2 is 1.85 bits per heavy atom. The van der Waals surface area contributed by atoms with Crippen LogP contribution in [-0.4, -0.2) is 28.0 Å². The molecule has 1 N–H and O–H groups in total. The van der Waals surface area contributed by atoms with Gasteiger partial charge >= 0.3 is 0 Å². The number of benzene rings is 1. The average Bonchev–Trinajstić information content (AvgIpc) is 2.95. The fraction of sp³-hybridized carbons (Fsp3) is 0.357. The number of anilines is 3. The van der Waals surface area contributed by atoms with E-state index >= 15 is 0 Å². The van der Waals surface area contributed by atoms with Crippen molar-refractivity contribution in [2.45, 2.75) is 19.8 Å². The van der Waals surface area contributed by atoms with Crippen LogP contribution in [0.5, 0.6) is 0 Å². The first kappa shape index (κ1) is 13.1. The highest BCUT2D eigenvalue weighted by Crippen LogP contribution is 2.22. The monoisotopic (exact) mass is 289 g/mol. The second kappa shape index (κ2) is 5.63. The molecular weight excluding hydrogens is 274 g/mol. The fourth-order valence-electron chi connectivity index (χ4n) is 2.29. The second-order valence-corrected chi connectivity index (χ2v) is 5.20. The Bertz CT molecular complexity index is 610. The standard InChI is InChI=1S/C14H16ClN5/c1-10-6-2-3-7-11(10)16-13-17-12(15)18-14(19-13)20-8-4-5-9-20/h2-3,6-7H,4-5,8-9H2,1H3,(H,16,17,18,19). The zero-order valence-corrected chi connectivity index (χ0v) is 12.1. The summed E-state index contributed by atoms with van der Waals surface area (Å²) >= 11 is 6.01. The first-order valence-electron chi connectivity index (χ1n) is 6.71. The molecule has 0 unspecified atom stereocenters. The average molecular weight is 290 g/mol. The van der Waals surface area contributed by atoms with Gasteiger partial charge in [0.1, 0.15) is 0 Å². The van der Waals surface area contributed by atoms with Crippen molar-refractivity contribution >= 4 is 29.2 Å². The maximum Gasteiger partial charge on any atom is 0.233 e. The van der Waals surface area contributed by atoms with E-state index in [0.717, 1.165) is 24.3 Å². The van der Waals surface area contributed by atoms with Gasteiger partial charge in [-0.25, -0.2) is 0 Å². The zero-order chi connectivity index (χ0) is 13.9. The summed E-state index contributed by atoms with van der Waals surface area (Å²) in [6.45, 7) is 3.99. The Morgan fingerprint density at radius 3 is 2.60 bits per heavy atom. The van der Waals surface area contributed by atoms with Gasteiger partial charge < -0.3 is 10.2 Å². The number of nitrogens with one attached hydrogen (secondary N) is 1. The van der Waals surface area contributed by atoms with E-state index < -0.39 is 0 Å². The van der Waals surface area contributed by atoms with Gasteiger partial charge in [0.25, 0.3) is 0 Å². The van der Waals surface area contributed by atoms with Crippen LogP contribution in [0.4, 0.5) is 17.6 Å². The van der Waals surface area contributed by atoms with Gasteiger partial charge in [-0.05, 0) is 43.0 Å². The van der Waals surface area contributed by atoms with Gasteiger partial charge in [0, 0.05) is 18.8 Å². The van der Waals surface area contributed by atoms with Crippen molar-refractivity contribution in [1.29, 1.82) is 0 Å². The first-order valence-corrected chi connectivity index (χ1v) is 7.09. The maximum atomic E-state index is 6.01. The van der Waals surface area contributed by atoms with E-state index in [1.54, 1.807) is 0 Å². The van der Waals surface area contributed by atoms with Crippen molar-refractivity contribution < 1.29 is 0 Å². The summed E-state index contributed by atoms with van der Waals surface area (Å²) in [5, 5.41) is 3.42. The van der Waals surface area contributed by atoms with E-state index in [0.29, 0.717) is 11.9 Å². The van der Waals surface area contributed by atoms with Crippen LogP contribution in [0.25, 0.3) is 0 Å². The summed E-state index contributed by atoms with van der Waals surface area (Å²) in [6.07, 6.45) is 2.34. The third kappa shape index (κ3) is 2.82. The second-order valence-electron chi connectivity index (χ2n) is 4.86. The van der Waals surface area contributed by atoms with Gasteiger partial charge in [-0.15, -0.1) is 0 Å². The van der Waals surface area contributed by atoms with Crippen LogP contribution in [0.15, 0.2) is 24.3 Å². The highest BCUT2D eigenvalue weighted by atomic mass is 35.5. The zero-order valence-electron chi connectivity index (χ0n) is 11.3.